The lowest BCUT2D eigenvalue weighted by Gasteiger charge is -2.44. The van der Waals surface area contributed by atoms with E-state index in [9.17, 15) is 13.2 Å². The summed E-state index contributed by atoms with van der Waals surface area (Å²) in [6.45, 7) is 2.57. The average molecular weight is 599 g/mol. The molecule has 1 aromatic carbocycles. The number of carbonyl (C=O) groups excluding carboxylic acids is 1. The number of nitrogens with one attached hydrogen (secondary N) is 4. The normalized spacial score (nSPS) is 32.6. The first-order chi connectivity index (χ1) is 20.1. The summed E-state index contributed by atoms with van der Waals surface area (Å²) in [4.78, 5) is 17.7. The maximum absolute atomic E-state index is 13.3. The van der Waals surface area contributed by atoms with Crippen molar-refractivity contribution in [3.63, 3.8) is 0 Å². The van der Waals surface area contributed by atoms with E-state index < -0.39 is 21.0 Å². The second kappa shape index (κ2) is 9.78. The van der Waals surface area contributed by atoms with Gasteiger partial charge in [0, 0.05) is 37.0 Å². The first-order valence-corrected chi connectivity index (χ1v) is 15.9. The fourth-order valence-corrected chi connectivity index (χ4v) is 8.97. The number of ether oxygens (including phenoxy) is 3. The molecule has 12 nitrogen and oxygen atoms in total. The van der Waals surface area contributed by atoms with Gasteiger partial charge in [0.25, 0.3) is 0 Å². The number of hydrogen-bond acceptors (Lipinski definition) is 10. The third-order valence-corrected chi connectivity index (χ3v) is 12.3. The van der Waals surface area contributed by atoms with Gasteiger partial charge in [-0.2, -0.15) is 4.31 Å². The molecule has 42 heavy (non-hydrogen) atoms. The second-order valence-corrected chi connectivity index (χ2v) is 14.6. The largest absolute Gasteiger partial charge is 0.497 e. The first-order valence-electron chi connectivity index (χ1n) is 14.5. The van der Waals surface area contributed by atoms with Crippen LogP contribution in [0.15, 0.2) is 35.4 Å². The van der Waals surface area contributed by atoms with Gasteiger partial charge in [-0.25, -0.2) is 18.8 Å². The zero-order chi connectivity index (χ0) is 29.4. The Morgan fingerprint density at radius 3 is 2.67 bits per heavy atom. The van der Waals surface area contributed by atoms with Crippen molar-refractivity contribution in [1.82, 2.24) is 20.1 Å². The Morgan fingerprint density at radius 1 is 1.14 bits per heavy atom. The number of likely N-dealkylation sites (N-methyl/N-ethyl adjacent to an activating group) is 1. The average Bonchev–Trinajstić information content (AvgIpc) is 3.53. The predicted octanol–water partition coefficient (Wildman–Crippen LogP) is 2.05. The van der Waals surface area contributed by atoms with Gasteiger partial charge in [-0.15, -0.1) is 0 Å². The van der Waals surface area contributed by atoms with Crippen LogP contribution in [0, 0.1) is 17.8 Å². The Bertz CT molecular complexity index is 1530. The van der Waals surface area contributed by atoms with Crippen LogP contribution in [0.2, 0.25) is 0 Å². The molecule has 4 N–H and O–H groups in total. The van der Waals surface area contributed by atoms with Gasteiger partial charge < -0.3 is 24.8 Å². The maximum atomic E-state index is 13.3. The predicted molar refractivity (Wildman–Crippen MR) is 155 cm³/mol. The lowest BCUT2D eigenvalue weighted by Crippen LogP contribution is -2.60. The van der Waals surface area contributed by atoms with Gasteiger partial charge in [-0.05, 0) is 68.2 Å². The van der Waals surface area contributed by atoms with Gasteiger partial charge in [-0.1, -0.05) is 0 Å². The molecule has 1 spiro atoms. The van der Waals surface area contributed by atoms with Crippen LogP contribution in [0.1, 0.15) is 38.2 Å². The number of fused-ring (bicyclic) bond motifs is 3. The summed E-state index contributed by atoms with van der Waals surface area (Å²) in [7, 11) is 0.953. The summed E-state index contributed by atoms with van der Waals surface area (Å²) in [5.41, 5.74) is 7.81. The van der Waals surface area contributed by atoms with Crippen molar-refractivity contribution in [3.05, 3.63) is 36.0 Å². The summed E-state index contributed by atoms with van der Waals surface area (Å²) in [5, 5.41) is 6.54. The second-order valence-electron chi connectivity index (χ2n) is 12.6. The molecule has 4 unspecified atom stereocenters. The van der Waals surface area contributed by atoms with Crippen LogP contribution in [0.4, 0.5) is 11.5 Å². The lowest BCUT2D eigenvalue weighted by atomic mass is 9.74. The van der Waals surface area contributed by atoms with Crippen LogP contribution in [0.5, 0.6) is 11.5 Å². The number of amides is 1. The van der Waals surface area contributed by atoms with Gasteiger partial charge >= 0.3 is 0 Å². The van der Waals surface area contributed by atoms with E-state index in [2.05, 4.69) is 26.5 Å². The summed E-state index contributed by atoms with van der Waals surface area (Å²) in [5.74, 6) is 2.76. The van der Waals surface area contributed by atoms with Crippen molar-refractivity contribution in [3.8, 4) is 11.5 Å². The summed E-state index contributed by atoms with van der Waals surface area (Å²) in [6, 6.07) is 7.61. The number of sulfonamides is 1. The number of aromatic nitrogens is 1. The van der Waals surface area contributed by atoms with Gasteiger partial charge in [0.1, 0.15) is 10.6 Å². The van der Waals surface area contributed by atoms with Crippen molar-refractivity contribution in [2.75, 3.05) is 45.1 Å². The van der Waals surface area contributed by atoms with Crippen molar-refractivity contribution in [2.24, 2.45) is 17.8 Å². The highest BCUT2D eigenvalue weighted by molar-refractivity contribution is 7.89. The molecule has 13 heteroatoms. The number of nitrogens with zero attached hydrogens (tertiary/aromatic N) is 2. The Labute approximate surface area is 245 Å². The minimum atomic E-state index is -3.78. The smallest absolute Gasteiger partial charge is 0.245 e. The van der Waals surface area contributed by atoms with E-state index in [1.165, 1.54) is 23.7 Å². The van der Waals surface area contributed by atoms with E-state index >= 15 is 0 Å². The zero-order valence-electron chi connectivity index (χ0n) is 24.3. The van der Waals surface area contributed by atoms with Crippen LogP contribution in [-0.2, 0) is 25.0 Å². The van der Waals surface area contributed by atoms with Gasteiger partial charge in [0.15, 0.2) is 11.6 Å². The number of hydrazine groups is 1. The molecular formula is C29H38N6O6S. The molecule has 0 radical (unpaired) electrons. The Kier molecular flexibility index (Phi) is 6.48. The summed E-state index contributed by atoms with van der Waals surface area (Å²) < 4.78 is 44.2. The summed E-state index contributed by atoms with van der Waals surface area (Å²) >= 11 is 0. The maximum Gasteiger partial charge on any atom is 0.245 e. The third kappa shape index (κ3) is 4.12. The van der Waals surface area contributed by atoms with Crippen LogP contribution in [0.3, 0.4) is 0 Å². The number of hydrogen-bond donors (Lipinski definition) is 4. The molecule has 4 heterocycles. The molecule has 3 aliphatic heterocycles. The quantitative estimate of drug-likeness (QED) is 0.357. The molecule has 2 aliphatic carbocycles. The van der Waals surface area contributed by atoms with E-state index in [1.807, 2.05) is 25.1 Å². The highest BCUT2D eigenvalue weighted by Gasteiger charge is 2.67. The molecule has 7 rings (SSSR count). The molecule has 6 atom stereocenters. The fourth-order valence-electron chi connectivity index (χ4n) is 7.52. The van der Waals surface area contributed by atoms with Gasteiger partial charge in [0.05, 0.1) is 44.6 Å². The fraction of sp³-hybridized carbons (Fsp3) is 0.586. The number of pyridine rings is 1. The molecule has 2 aromatic rings. The molecule has 1 amide bonds. The minimum Gasteiger partial charge on any atom is -0.497 e. The number of benzene rings is 1. The van der Waals surface area contributed by atoms with E-state index in [-0.39, 0.29) is 23.0 Å². The molecule has 4 fully saturated rings. The van der Waals surface area contributed by atoms with Crippen molar-refractivity contribution in [1.29, 1.82) is 0 Å². The standard InChI is InChI=1S/C29H38N6O6S/c1-28(14-41-15-28)35(2)42(37,38)18-11-24(40-4)26(30-13-18)32-25-19-7-5-16(9-23(19)33-34-25)21-12-29(21)20-10-17(39-3)6-8-22(20)31-27(29)36/h6,8,10-11,13,16,19,21,23,25,33-34H,5,7,9,12,14-15H2,1-4H3,(H,30,32)(H,31,36)/t16?,19?,21-,23?,25?,29-/m0/s1. The number of carbonyl (C=O) groups is 1. The van der Waals surface area contributed by atoms with E-state index in [0.717, 1.165) is 42.7 Å². The molecule has 0 bridgehead atoms. The SMILES string of the molecule is COc1ccc2c(c1)[C@]1(C[C@H]1C1CCC3C(C1)NNC3Nc1ncc(S(=O)(=O)N(C)C3(C)COC3)cc1OC)C(=O)N2. The molecular weight excluding hydrogens is 560 g/mol. The van der Waals surface area contributed by atoms with Crippen LogP contribution in [-0.4, -0.2) is 75.8 Å². The molecule has 2 saturated carbocycles. The van der Waals surface area contributed by atoms with Gasteiger partial charge in [0.2, 0.25) is 15.9 Å². The van der Waals surface area contributed by atoms with Gasteiger partial charge in [-0.3, -0.25) is 10.2 Å². The van der Waals surface area contributed by atoms with Crippen molar-refractivity contribution in [2.45, 2.75) is 60.7 Å². The molecule has 226 valence electrons. The Morgan fingerprint density at radius 2 is 1.95 bits per heavy atom. The van der Waals surface area contributed by atoms with Crippen LogP contribution < -0.4 is 31.0 Å². The Balaban J connectivity index is 1.03. The Hall–Kier alpha value is -2.97. The highest BCUT2D eigenvalue weighted by Crippen LogP contribution is 2.65. The number of methoxy groups -OCH3 is 2. The molecule has 2 saturated heterocycles. The van der Waals surface area contributed by atoms with E-state index in [1.54, 1.807) is 14.2 Å². The third-order valence-electron chi connectivity index (χ3n) is 10.3. The van der Waals surface area contributed by atoms with Crippen molar-refractivity contribution < 1.29 is 27.4 Å². The molecule has 1 aromatic heterocycles. The van der Waals surface area contributed by atoms with E-state index in [4.69, 9.17) is 14.2 Å². The number of rotatable bonds is 8. The number of anilines is 2. The monoisotopic (exact) mass is 598 g/mol. The van der Waals surface area contributed by atoms with Crippen LogP contribution >= 0.6 is 0 Å². The van der Waals surface area contributed by atoms with E-state index in [0.29, 0.717) is 42.5 Å². The lowest BCUT2D eigenvalue weighted by molar-refractivity contribution is -0.118. The summed E-state index contributed by atoms with van der Waals surface area (Å²) in [6.07, 6.45) is 5.10. The van der Waals surface area contributed by atoms with Crippen LogP contribution in [0.25, 0.3) is 0 Å². The topological polar surface area (TPSA) is 143 Å². The zero-order valence-corrected chi connectivity index (χ0v) is 25.1. The highest BCUT2D eigenvalue weighted by atomic mass is 32.2. The van der Waals surface area contributed by atoms with Crippen molar-refractivity contribution >= 4 is 27.4 Å². The first kappa shape index (κ1) is 27.8. The minimum absolute atomic E-state index is 0.0740. The molecule has 5 aliphatic rings.